The van der Waals surface area contributed by atoms with Gasteiger partial charge in [0.25, 0.3) is 0 Å². The Labute approximate surface area is 146 Å². The number of aromatic amines is 1. The Kier molecular flexibility index (Phi) is 2.92. The Morgan fingerprint density at radius 1 is 1.36 bits per heavy atom. The van der Waals surface area contributed by atoms with Crippen molar-refractivity contribution in [2.45, 2.75) is 50.4 Å². The number of carbonyl (C=O) groups is 1. The predicted molar refractivity (Wildman–Crippen MR) is 92.0 cm³/mol. The van der Waals surface area contributed by atoms with Crippen LogP contribution in [0.4, 0.5) is 0 Å². The van der Waals surface area contributed by atoms with Crippen molar-refractivity contribution in [3.63, 3.8) is 0 Å². The van der Waals surface area contributed by atoms with E-state index in [1.807, 2.05) is 6.07 Å². The molecule has 5 rings (SSSR count). The number of benzene rings is 1. The van der Waals surface area contributed by atoms with Crippen LogP contribution in [0, 0.1) is 11.8 Å². The Bertz CT molecular complexity index is 887. The van der Waals surface area contributed by atoms with E-state index in [1.54, 1.807) is 6.07 Å². The summed E-state index contributed by atoms with van der Waals surface area (Å²) in [5, 5.41) is 26.4. The second-order valence-corrected chi connectivity index (χ2v) is 8.19. The highest BCUT2D eigenvalue weighted by molar-refractivity contribution is 5.87. The van der Waals surface area contributed by atoms with Crippen LogP contribution in [0.1, 0.15) is 65.0 Å². The molecular formula is C20H22N2O3. The lowest BCUT2D eigenvalue weighted by Crippen LogP contribution is -2.43. The van der Waals surface area contributed by atoms with E-state index in [-0.39, 0.29) is 11.1 Å². The smallest absolute Gasteiger partial charge is 0.356 e. The summed E-state index contributed by atoms with van der Waals surface area (Å²) in [5.41, 5.74) is 4.88. The van der Waals surface area contributed by atoms with E-state index in [0.29, 0.717) is 23.5 Å². The number of H-pyrrole nitrogens is 1. The third-order valence-corrected chi connectivity index (χ3v) is 7.16. The minimum Gasteiger partial charge on any atom is -0.508 e. The van der Waals surface area contributed by atoms with Gasteiger partial charge in [-0.2, -0.15) is 5.10 Å². The number of nitrogens with one attached hydrogen (secondary N) is 1. The third kappa shape index (κ3) is 1.89. The van der Waals surface area contributed by atoms with E-state index in [2.05, 4.69) is 23.2 Å². The summed E-state index contributed by atoms with van der Waals surface area (Å²) in [6, 6.07) is 5.82. The number of carboxylic acids is 1. The van der Waals surface area contributed by atoms with E-state index >= 15 is 0 Å². The summed E-state index contributed by atoms with van der Waals surface area (Å²) in [5.74, 6) is 0.980. The van der Waals surface area contributed by atoms with Gasteiger partial charge in [-0.15, -0.1) is 0 Å². The summed E-state index contributed by atoms with van der Waals surface area (Å²) in [7, 11) is 0. The maximum absolute atomic E-state index is 11.5. The lowest BCUT2D eigenvalue weighted by molar-refractivity contribution is 0.0687. The Morgan fingerprint density at radius 2 is 2.20 bits per heavy atom. The van der Waals surface area contributed by atoms with Crippen LogP contribution in [0.5, 0.6) is 5.75 Å². The molecule has 1 saturated carbocycles. The first kappa shape index (κ1) is 15.0. The number of rotatable bonds is 1. The van der Waals surface area contributed by atoms with E-state index in [1.165, 1.54) is 11.1 Å². The van der Waals surface area contributed by atoms with Crippen molar-refractivity contribution in [3.8, 4) is 5.75 Å². The Morgan fingerprint density at radius 3 is 3.00 bits per heavy atom. The fourth-order valence-electron chi connectivity index (χ4n) is 6.01. The van der Waals surface area contributed by atoms with Gasteiger partial charge in [0, 0.05) is 16.7 Å². The lowest BCUT2D eigenvalue weighted by atomic mass is 9.55. The van der Waals surface area contributed by atoms with E-state index < -0.39 is 5.97 Å². The van der Waals surface area contributed by atoms with Gasteiger partial charge in [-0.1, -0.05) is 13.0 Å². The molecule has 0 amide bonds. The molecule has 3 aliphatic carbocycles. The second kappa shape index (κ2) is 4.87. The van der Waals surface area contributed by atoms with Gasteiger partial charge in [0.2, 0.25) is 0 Å². The molecule has 0 spiro atoms. The van der Waals surface area contributed by atoms with Gasteiger partial charge in [-0.3, -0.25) is 5.10 Å². The molecule has 1 heterocycles. The Hall–Kier alpha value is -2.30. The number of aromatic carboxylic acids is 1. The average molecular weight is 338 g/mol. The molecule has 0 unspecified atom stereocenters. The number of fused-ring (bicyclic) bond motifs is 7. The summed E-state index contributed by atoms with van der Waals surface area (Å²) in [6.07, 6.45) is 5.08. The van der Waals surface area contributed by atoms with Crippen molar-refractivity contribution >= 4 is 5.97 Å². The standard InChI is InChI=1S/C20H22N2O3/c1-20-7-6-13-12-5-3-11(23)8-10(12)2-4-14(13)16(20)9-15-17(19(24)25)21-22-18(15)20/h3,5,8,13-14,16,23H,2,4,6-7,9H2,1H3,(H,21,22)(H,24,25)/t13-,14-,16+,20+/m1/s1. The molecule has 3 aliphatic rings. The maximum Gasteiger partial charge on any atom is 0.356 e. The predicted octanol–water partition coefficient (Wildman–Crippen LogP) is 3.38. The van der Waals surface area contributed by atoms with Crippen LogP contribution < -0.4 is 0 Å². The number of carboxylic acid groups (broad SMARTS) is 1. The van der Waals surface area contributed by atoms with Crippen LogP contribution >= 0.6 is 0 Å². The van der Waals surface area contributed by atoms with Crippen LogP contribution in [-0.4, -0.2) is 26.4 Å². The number of aryl methyl sites for hydroxylation is 1. The third-order valence-electron chi connectivity index (χ3n) is 7.16. The summed E-state index contributed by atoms with van der Waals surface area (Å²) in [4.78, 5) is 11.5. The summed E-state index contributed by atoms with van der Waals surface area (Å²) < 4.78 is 0. The second-order valence-electron chi connectivity index (χ2n) is 8.19. The van der Waals surface area contributed by atoms with Crippen molar-refractivity contribution in [3.05, 3.63) is 46.3 Å². The first-order valence-electron chi connectivity index (χ1n) is 9.12. The highest BCUT2D eigenvalue weighted by Gasteiger charge is 2.54. The highest BCUT2D eigenvalue weighted by Crippen LogP contribution is 2.60. The first-order valence-corrected chi connectivity index (χ1v) is 9.12. The molecule has 5 nitrogen and oxygen atoms in total. The van der Waals surface area contributed by atoms with Crippen molar-refractivity contribution in [1.82, 2.24) is 10.2 Å². The largest absolute Gasteiger partial charge is 0.508 e. The van der Waals surface area contributed by atoms with Gasteiger partial charge in [0.15, 0.2) is 5.69 Å². The number of nitrogens with zero attached hydrogens (tertiary/aromatic N) is 1. The molecule has 3 N–H and O–H groups in total. The van der Waals surface area contributed by atoms with Gasteiger partial charge in [-0.05, 0) is 73.1 Å². The van der Waals surface area contributed by atoms with Crippen LogP contribution in [0.3, 0.4) is 0 Å². The number of hydrogen-bond acceptors (Lipinski definition) is 3. The number of phenols is 1. The minimum absolute atomic E-state index is 0.00558. The van der Waals surface area contributed by atoms with Crippen LogP contribution in [0.2, 0.25) is 0 Å². The van der Waals surface area contributed by atoms with Gasteiger partial charge < -0.3 is 10.2 Å². The molecule has 0 saturated heterocycles. The van der Waals surface area contributed by atoms with Crippen molar-refractivity contribution in [2.75, 3.05) is 0 Å². The number of aromatic hydroxyl groups is 1. The average Bonchev–Trinajstić information content (AvgIpc) is 3.12. The molecule has 0 radical (unpaired) electrons. The van der Waals surface area contributed by atoms with Crippen LogP contribution in [-0.2, 0) is 18.3 Å². The zero-order valence-corrected chi connectivity index (χ0v) is 14.2. The molecule has 1 fully saturated rings. The highest BCUT2D eigenvalue weighted by atomic mass is 16.4. The van der Waals surface area contributed by atoms with E-state index in [0.717, 1.165) is 43.4 Å². The van der Waals surface area contributed by atoms with Crippen molar-refractivity contribution in [2.24, 2.45) is 11.8 Å². The summed E-state index contributed by atoms with van der Waals surface area (Å²) in [6.45, 7) is 2.29. The SMILES string of the molecule is C[C@]12CC[C@@H]3c4ccc(O)cc4CC[C@H]3[C@@H]1Cc1c(C(=O)O)n[nH]c12. The number of hydrogen-bond donors (Lipinski definition) is 3. The van der Waals surface area contributed by atoms with Gasteiger partial charge in [-0.25, -0.2) is 4.79 Å². The monoisotopic (exact) mass is 338 g/mol. The van der Waals surface area contributed by atoms with Crippen molar-refractivity contribution in [1.29, 1.82) is 0 Å². The lowest BCUT2D eigenvalue weighted by Gasteiger charge is -2.49. The van der Waals surface area contributed by atoms with E-state index in [4.69, 9.17) is 0 Å². The molecule has 1 aromatic heterocycles. The fourth-order valence-corrected chi connectivity index (χ4v) is 6.01. The normalized spacial score (nSPS) is 32.4. The molecular weight excluding hydrogens is 316 g/mol. The topological polar surface area (TPSA) is 86.2 Å². The van der Waals surface area contributed by atoms with E-state index in [9.17, 15) is 15.0 Å². The molecule has 130 valence electrons. The molecule has 1 aromatic carbocycles. The van der Waals surface area contributed by atoms with Crippen molar-refractivity contribution < 1.29 is 15.0 Å². The molecule has 0 aliphatic heterocycles. The van der Waals surface area contributed by atoms with Gasteiger partial charge in [0.1, 0.15) is 5.75 Å². The van der Waals surface area contributed by atoms with Crippen LogP contribution in [0.25, 0.3) is 0 Å². The number of aromatic nitrogens is 2. The Balaban J connectivity index is 1.55. The number of phenolic OH excluding ortho intramolecular Hbond substituents is 1. The quantitative estimate of drug-likeness (QED) is 0.744. The fraction of sp³-hybridized carbons (Fsp3) is 0.500. The van der Waals surface area contributed by atoms with Gasteiger partial charge >= 0.3 is 5.97 Å². The molecule has 25 heavy (non-hydrogen) atoms. The molecule has 4 atom stereocenters. The zero-order chi connectivity index (χ0) is 17.3. The van der Waals surface area contributed by atoms with Crippen LogP contribution in [0.15, 0.2) is 18.2 Å². The maximum atomic E-state index is 11.5. The molecule has 0 bridgehead atoms. The molecule has 5 heteroatoms. The van der Waals surface area contributed by atoms with Gasteiger partial charge in [0.05, 0.1) is 0 Å². The molecule has 2 aromatic rings. The summed E-state index contributed by atoms with van der Waals surface area (Å²) >= 11 is 0. The zero-order valence-electron chi connectivity index (χ0n) is 14.2. The first-order chi connectivity index (χ1) is 12.0. The minimum atomic E-state index is -0.930.